The van der Waals surface area contributed by atoms with Crippen LogP contribution in [0.1, 0.15) is 18.1 Å². The van der Waals surface area contributed by atoms with Gasteiger partial charge in [0.05, 0.1) is 18.5 Å². The fourth-order valence-corrected chi connectivity index (χ4v) is 4.12. The Bertz CT molecular complexity index is 947. The molecule has 152 valence electrons. The van der Waals surface area contributed by atoms with Gasteiger partial charge in [-0.3, -0.25) is 9.10 Å². The monoisotopic (exact) mass is 424 g/mol. The van der Waals surface area contributed by atoms with E-state index in [9.17, 15) is 13.2 Å². The predicted octanol–water partition coefficient (Wildman–Crippen LogP) is 3.31. The zero-order chi connectivity index (χ0) is 20.9. The maximum atomic E-state index is 12.5. The molecule has 2 aromatic carbocycles. The molecule has 8 heteroatoms. The maximum Gasteiger partial charge on any atom is 0.243 e. The zero-order valence-corrected chi connectivity index (χ0v) is 18.0. The van der Waals surface area contributed by atoms with Gasteiger partial charge in [-0.2, -0.15) is 0 Å². The molecule has 0 aliphatic rings. The third-order valence-electron chi connectivity index (χ3n) is 4.15. The van der Waals surface area contributed by atoms with Crippen molar-refractivity contribution in [1.29, 1.82) is 0 Å². The van der Waals surface area contributed by atoms with E-state index in [1.807, 2.05) is 32.0 Å². The van der Waals surface area contributed by atoms with E-state index in [1.54, 1.807) is 18.2 Å². The topological polar surface area (TPSA) is 75.7 Å². The average molecular weight is 425 g/mol. The van der Waals surface area contributed by atoms with Gasteiger partial charge in [0.15, 0.2) is 0 Å². The van der Waals surface area contributed by atoms with Crippen LogP contribution in [0.25, 0.3) is 0 Å². The van der Waals surface area contributed by atoms with E-state index in [2.05, 4.69) is 5.32 Å². The molecule has 0 aliphatic carbocycles. The van der Waals surface area contributed by atoms with E-state index < -0.39 is 22.0 Å². The second kappa shape index (κ2) is 9.30. The highest BCUT2D eigenvalue weighted by molar-refractivity contribution is 7.92. The van der Waals surface area contributed by atoms with Gasteiger partial charge >= 0.3 is 0 Å². The number of aryl methyl sites for hydroxylation is 2. The van der Waals surface area contributed by atoms with Crippen molar-refractivity contribution >= 4 is 33.2 Å². The van der Waals surface area contributed by atoms with E-state index in [-0.39, 0.29) is 13.2 Å². The van der Waals surface area contributed by atoms with Crippen LogP contribution in [0.5, 0.6) is 5.75 Å². The molecular weight excluding hydrogens is 400 g/mol. The number of sulfonamides is 1. The molecule has 0 saturated carbocycles. The first-order chi connectivity index (χ1) is 13.1. The number of rotatable bonds is 8. The number of hydrogen-bond acceptors (Lipinski definition) is 4. The summed E-state index contributed by atoms with van der Waals surface area (Å²) in [4.78, 5) is 12.5. The van der Waals surface area contributed by atoms with E-state index in [4.69, 9.17) is 16.3 Å². The van der Waals surface area contributed by atoms with Gasteiger partial charge < -0.3 is 10.1 Å². The molecule has 0 radical (unpaired) electrons. The second-order valence-electron chi connectivity index (χ2n) is 6.62. The Labute approximate surface area is 171 Å². The number of halogens is 1. The molecule has 2 rings (SSSR count). The minimum Gasteiger partial charge on any atom is -0.491 e. The zero-order valence-electron chi connectivity index (χ0n) is 16.4. The van der Waals surface area contributed by atoms with E-state index in [1.165, 1.54) is 13.0 Å². The van der Waals surface area contributed by atoms with Crippen molar-refractivity contribution in [3.63, 3.8) is 0 Å². The van der Waals surface area contributed by atoms with Crippen LogP contribution in [0.3, 0.4) is 0 Å². The van der Waals surface area contributed by atoms with E-state index in [0.29, 0.717) is 10.7 Å². The Kier molecular flexibility index (Phi) is 7.32. The van der Waals surface area contributed by atoms with Crippen molar-refractivity contribution < 1.29 is 17.9 Å². The van der Waals surface area contributed by atoms with Crippen molar-refractivity contribution in [2.24, 2.45) is 0 Å². The molecule has 1 amide bonds. The van der Waals surface area contributed by atoms with Crippen molar-refractivity contribution in [3.8, 4) is 5.75 Å². The Morgan fingerprint density at radius 2 is 1.93 bits per heavy atom. The Balaban J connectivity index is 2.00. The fraction of sp³-hybridized carbons (Fsp3) is 0.350. The number of nitrogens with one attached hydrogen (secondary N) is 1. The minimum absolute atomic E-state index is 0.254. The van der Waals surface area contributed by atoms with Gasteiger partial charge in [0.2, 0.25) is 15.9 Å². The van der Waals surface area contributed by atoms with Crippen molar-refractivity contribution in [2.45, 2.75) is 26.8 Å². The largest absolute Gasteiger partial charge is 0.491 e. The molecule has 28 heavy (non-hydrogen) atoms. The Hall–Kier alpha value is -2.25. The number of carbonyl (C=O) groups excluding carboxylic acids is 1. The van der Waals surface area contributed by atoms with E-state index >= 15 is 0 Å². The van der Waals surface area contributed by atoms with Gasteiger partial charge in [0, 0.05) is 5.02 Å². The average Bonchev–Trinajstić information content (AvgIpc) is 2.60. The van der Waals surface area contributed by atoms with Gasteiger partial charge in [-0.05, 0) is 56.2 Å². The highest BCUT2D eigenvalue weighted by atomic mass is 35.5. The molecule has 0 aromatic heterocycles. The minimum atomic E-state index is -3.68. The lowest BCUT2D eigenvalue weighted by Gasteiger charge is -2.28. The summed E-state index contributed by atoms with van der Waals surface area (Å²) in [7, 11) is -3.68. The number of amides is 1. The standard InChI is InChI=1S/C20H25ClN2O4S/c1-14-8-9-15(2)19(12-14)27-11-10-22-20(24)16(3)23(28(4,25)26)18-7-5-6-17(21)13-18/h5-9,12-13,16H,10-11H2,1-4H3,(H,22,24)/t16-/m0/s1. The lowest BCUT2D eigenvalue weighted by Crippen LogP contribution is -2.48. The van der Waals surface area contributed by atoms with Crippen molar-refractivity contribution in [2.75, 3.05) is 23.7 Å². The lowest BCUT2D eigenvalue weighted by molar-refractivity contribution is -0.121. The smallest absolute Gasteiger partial charge is 0.243 e. The predicted molar refractivity (Wildman–Crippen MR) is 113 cm³/mol. The first-order valence-corrected chi connectivity index (χ1v) is 11.0. The molecule has 0 aliphatic heterocycles. The highest BCUT2D eigenvalue weighted by Gasteiger charge is 2.29. The van der Waals surface area contributed by atoms with Gasteiger partial charge in [-0.25, -0.2) is 8.42 Å². The first-order valence-electron chi connectivity index (χ1n) is 8.82. The summed E-state index contributed by atoms with van der Waals surface area (Å²) >= 11 is 5.97. The number of benzene rings is 2. The highest BCUT2D eigenvalue weighted by Crippen LogP contribution is 2.24. The molecule has 2 aromatic rings. The number of carbonyl (C=O) groups is 1. The maximum absolute atomic E-state index is 12.5. The van der Waals surface area contributed by atoms with Crippen LogP contribution in [-0.4, -0.2) is 39.8 Å². The first kappa shape index (κ1) is 22.0. The summed E-state index contributed by atoms with van der Waals surface area (Å²) in [6, 6.07) is 11.4. The molecule has 0 unspecified atom stereocenters. The van der Waals surface area contributed by atoms with Crippen LogP contribution in [0.15, 0.2) is 42.5 Å². The molecule has 6 nitrogen and oxygen atoms in total. The third-order valence-corrected chi connectivity index (χ3v) is 5.63. The van der Waals surface area contributed by atoms with Crippen molar-refractivity contribution in [1.82, 2.24) is 5.32 Å². The summed E-state index contributed by atoms with van der Waals surface area (Å²) in [6.07, 6.45) is 1.06. The van der Waals surface area contributed by atoms with Crippen LogP contribution in [0.4, 0.5) is 5.69 Å². The summed E-state index contributed by atoms with van der Waals surface area (Å²) < 4.78 is 31.3. The quantitative estimate of drug-likeness (QED) is 0.659. The van der Waals surface area contributed by atoms with Crippen LogP contribution in [-0.2, 0) is 14.8 Å². The van der Waals surface area contributed by atoms with Gasteiger partial charge in [0.25, 0.3) is 0 Å². The summed E-state index contributed by atoms with van der Waals surface area (Å²) in [5, 5.41) is 3.11. The Morgan fingerprint density at radius 3 is 2.57 bits per heavy atom. The van der Waals surface area contributed by atoms with Crippen LogP contribution >= 0.6 is 11.6 Å². The molecule has 1 N–H and O–H groups in total. The number of hydrogen-bond donors (Lipinski definition) is 1. The number of ether oxygens (including phenoxy) is 1. The van der Waals surface area contributed by atoms with Gasteiger partial charge in [-0.1, -0.05) is 29.8 Å². The SMILES string of the molecule is Cc1ccc(C)c(OCCNC(=O)[C@H](C)N(c2cccc(Cl)c2)S(C)(=O)=O)c1. The van der Waals surface area contributed by atoms with Crippen LogP contribution < -0.4 is 14.4 Å². The van der Waals surface area contributed by atoms with Gasteiger partial charge in [-0.15, -0.1) is 0 Å². The summed E-state index contributed by atoms with van der Waals surface area (Å²) in [6.45, 7) is 5.99. The van der Waals surface area contributed by atoms with E-state index in [0.717, 1.165) is 27.4 Å². The summed E-state index contributed by atoms with van der Waals surface area (Å²) in [5.41, 5.74) is 2.43. The molecular formula is C20H25ClN2O4S. The molecule has 1 atom stereocenters. The summed E-state index contributed by atoms with van der Waals surface area (Å²) in [5.74, 6) is 0.342. The molecule has 0 saturated heterocycles. The third kappa shape index (κ3) is 5.87. The lowest BCUT2D eigenvalue weighted by atomic mass is 10.1. The molecule has 0 heterocycles. The van der Waals surface area contributed by atoms with Crippen LogP contribution in [0.2, 0.25) is 5.02 Å². The number of nitrogens with zero attached hydrogens (tertiary/aromatic N) is 1. The molecule has 0 bridgehead atoms. The second-order valence-corrected chi connectivity index (χ2v) is 8.92. The fourth-order valence-electron chi connectivity index (χ4n) is 2.77. The molecule has 0 spiro atoms. The van der Waals surface area contributed by atoms with Crippen LogP contribution in [0, 0.1) is 13.8 Å². The molecule has 0 fully saturated rings. The normalized spacial score (nSPS) is 12.3. The van der Waals surface area contributed by atoms with Crippen molar-refractivity contribution in [3.05, 3.63) is 58.6 Å². The Morgan fingerprint density at radius 1 is 1.21 bits per heavy atom. The number of anilines is 1. The van der Waals surface area contributed by atoms with Gasteiger partial charge in [0.1, 0.15) is 18.4 Å².